The van der Waals surface area contributed by atoms with Crippen LogP contribution >= 0.6 is 0 Å². The summed E-state index contributed by atoms with van der Waals surface area (Å²) in [4.78, 5) is 0. The number of hydrogen-bond donors (Lipinski definition) is 2. The van der Waals surface area contributed by atoms with Crippen LogP contribution in [0.1, 0.15) is 46.5 Å². The Morgan fingerprint density at radius 2 is 2.00 bits per heavy atom. The number of rotatable bonds is 7. The van der Waals surface area contributed by atoms with Gasteiger partial charge in [0.25, 0.3) is 0 Å². The van der Waals surface area contributed by atoms with Gasteiger partial charge >= 0.3 is 0 Å². The molecule has 1 fully saturated rings. The zero-order valence-corrected chi connectivity index (χ0v) is 11.7. The summed E-state index contributed by atoms with van der Waals surface area (Å²) in [5.41, 5.74) is 0.254. The SMILES string of the molecule is CCOCC1(CNCC(C)C)CCC(O)CC1. The van der Waals surface area contributed by atoms with Crippen LogP contribution in [0.25, 0.3) is 0 Å². The first kappa shape index (κ1) is 14.9. The molecular formula is C14H29NO2. The lowest BCUT2D eigenvalue weighted by Crippen LogP contribution is -2.43. The van der Waals surface area contributed by atoms with Gasteiger partial charge in [-0.15, -0.1) is 0 Å². The van der Waals surface area contributed by atoms with E-state index in [-0.39, 0.29) is 11.5 Å². The molecule has 3 nitrogen and oxygen atoms in total. The van der Waals surface area contributed by atoms with Crippen LogP contribution in [-0.4, -0.2) is 37.5 Å². The molecule has 1 rings (SSSR count). The molecule has 0 aromatic carbocycles. The van der Waals surface area contributed by atoms with Gasteiger partial charge in [-0.2, -0.15) is 0 Å². The highest BCUT2D eigenvalue weighted by Crippen LogP contribution is 2.36. The number of ether oxygens (including phenoxy) is 1. The lowest BCUT2D eigenvalue weighted by atomic mass is 9.73. The quantitative estimate of drug-likeness (QED) is 0.720. The second-order valence-electron chi connectivity index (χ2n) is 5.89. The highest BCUT2D eigenvalue weighted by molar-refractivity contribution is 4.87. The molecule has 0 spiro atoms. The molecule has 0 unspecified atom stereocenters. The Labute approximate surface area is 106 Å². The van der Waals surface area contributed by atoms with E-state index < -0.39 is 0 Å². The van der Waals surface area contributed by atoms with Gasteiger partial charge in [-0.1, -0.05) is 13.8 Å². The van der Waals surface area contributed by atoms with Gasteiger partial charge in [0, 0.05) is 18.6 Å². The zero-order chi connectivity index (χ0) is 12.7. The lowest BCUT2D eigenvalue weighted by molar-refractivity contribution is -0.00587. The monoisotopic (exact) mass is 243 g/mol. The molecule has 17 heavy (non-hydrogen) atoms. The van der Waals surface area contributed by atoms with E-state index in [1.54, 1.807) is 0 Å². The maximum absolute atomic E-state index is 9.62. The summed E-state index contributed by atoms with van der Waals surface area (Å²) < 4.78 is 5.65. The van der Waals surface area contributed by atoms with Crippen LogP contribution in [0.15, 0.2) is 0 Å². The van der Waals surface area contributed by atoms with Crippen molar-refractivity contribution in [1.82, 2.24) is 5.32 Å². The molecule has 3 heteroatoms. The summed E-state index contributed by atoms with van der Waals surface area (Å²) in [7, 11) is 0. The Kier molecular flexibility index (Phi) is 6.45. The maximum Gasteiger partial charge on any atom is 0.0540 e. The maximum atomic E-state index is 9.62. The van der Waals surface area contributed by atoms with Gasteiger partial charge in [0.1, 0.15) is 0 Å². The van der Waals surface area contributed by atoms with Gasteiger partial charge in [-0.3, -0.25) is 0 Å². The molecule has 0 radical (unpaired) electrons. The molecule has 0 saturated heterocycles. The van der Waals surface area contributed by atoms with Crippen LogP contribution < -0.4 is 5.32 Å². The van der Waals surface area contributed by atoms with Crippen LogP contribution in [0.3, 0.4) is 0 Å². The fraction of sp³-hybridized carbons (Fsp3) is 1.00. The number of aliphatic hydroxyl groups excluding tert-OH is 1. The molecule has 0 bridgehead atoms. The smallest absolute Gasteiger partial charge is 0.0540 e. The number of aliphatic hydroxyl groups is 1. The first-order valence-electron chi connectivity index (χ1n) is 7.04. The molecule has 0 heterocycles. The van der Waals surface area contributed by atoms with Crippen LogP contribution in [-0.2, 0) is 4.74 Å². The first-order chi connectivity index (χ1) is 8.08. The van der Waals surface area contributed by atoms with E-state index in [2.05, 4.69) is 19.2 Å². The van der Waals surface area contributed by atoms with Gasteiger partial charge in [-0.05, 0) is 45.1 Å². The predicted octanol–water partition coefficient (Wildman–Crippen LogP) is 2.19. The van der Waals surface area contributed by atoms with Crippen molar-refractivity contribution >= 4 is 0 Å². The molecule has 0 atom stereocenters. The van der Waals surface area contributed by atoms with E-state index in [1.807, 2.05) is 6.92 Å². The lowest BCUT2D eigenvalue weighted by Gasteiger charge is -2.39. The third-order valence-electron chi connectivity index (χ3n) is 3.68. The Hall–Kier alpha value is -0.120. The van der Waals surface area contributed by atoms with Crippen LogP contribution in [0.4, 0.5) is 0 Å². The number of hydrogen-bond acceptors (Lipinski definition) is 3. The van der Waals surface area contributed by atoms with E-state index in [9.17, 15) is 5.11 Å². The fourth-order valence-electron chi connectivity index (χ4n) is 2.53. The highest BCUT2D eigenvalue weighted by Gasteiger charge is 2.34. The average molecular weight is 243 g/mol. The normalized spacial score (nSPS) is 29.8. The van der Waals surface area contributed by atoms with Crippen molar-refractivity contribution in [3.8, 4) is 0 Å². The van der Waals surface area contributed by atoms with E-state index >= 15 is 0 Å². The van der Waals surface area contributed by atoms with Crippen LogP contribution in [0, 0.1) is 11.3 Å². The topological polar surface area (TPSA) is 41.5 Å². The zero-order valence-electron chi connectivity index (χ0n) is 11.7. The molecule has 0 aromatic rings. The van der Waals surface area contributed by atoms with Gasteiger partial charge < -0.3 is 15.2 Å². The predicted molar refractivity (Wildman–Crippen MR) is 71.1 cm³/mol. The van der Waals surface area contributed by atoms with Gasteiger partial charge in [0.2, 0.25) is 0 Å². The minimum Gasteiger partial charge on any atom is -0.393 e. The second kappa shape index (κ2) is 7.34. The summed E-state index contributed by atoms with van der Waals surface area (Å²) in [6.07, 6.45) is 3.93. The van der Waals surface area contributed by atoms with E-state index in [0.29, 0.717) is 5.92 Å². The Morgan fingerprint density at radius 3 is 2.53 bits per heavy atom. The summed E-state index contributed by atoms with van der Waals surface area (Å²) in [6.45, 7) is 10.2. The Bertz CT molecular complexity index is 193. The minimum absolute atomic E-state index is 0.0881. The van der Waals surface area contributed by atoms with Crippen molar-refractivity contribution in [1.29, 1.82) is 0 Å². The molecule has 0 amide bonds. The third kappa shape index (κ3) is 5.36. The van der Waals surface area contributed by atoms with Gasteiger partial charge in [0.05, 0.1) is 12.7 Å². The number of nitrogens with one attached hydrogen (secondary N) is 1. The van der Waals surface area contributed by atoms with E-state index in [0.717, 1.165) is 52.0 Å². The highest BCUT2D eigenvalue weighted by atomic mass is 16.5. The second-order valence-corrected chi connectivity index (χ2v) is 5.89. The van der Waals surface area contributed by atoms with Crippen molar-refractivity contribution in [2.45, 2.75) is 52.6 Å². The van der Waals surface area contributed by atoms with E-state index in [1.165, 1.54) is 0 Å². The standard InChI is InChI=1S/C14H29NO2/c1-4-17-11-14(10-15-9-12(2)3)7-5-13(16)6-8-14/h12-13,15-16H,4-11H2,1-3H3. The molecule has 1 aliphatic carbocycles. The molecule has 0 aliphatic heterocycles. The molecule has 2 N–H and O–H groups in total. The largest absolute Gasteiger partial charge is 0.393 e. The fourth-order valence-corrected chi connectivity index (χ4v) is 2.53. The molecule has 0 aromatic heterocycles. The average Bonchev–Trinajstić information content (AvgIpc) is 2.30. The van der Waals surface area contributed by atoms with Gasteiger partial charge in [-0.25, -0.2) is 0 Å². The van der Waals surface area contributed by atoms with E-state index in [4.69, 9.17) is 4.74 Å². The summed E-state index contributed by atoms with van der Waals surface area (Å²) in [5, 5.41) is 13.2. The van der Waals surface area contributed by atoms with Gasteiger partial charge in [0.15, 0.2) is 0 Å². The van der Waals surface area contributed by atoms with Crippen molar-refractivity contribution in [2.75, 3.05) is 26.3 Å². The Morgan fingerprint density at radius 1 is 1.35 bits per heavy atom. The minimum atomic E-state index is -0.0881. The third-order valence-corrected chi connectivity index (χ3v) is 3.68. The van der Waals surface area contributed by atoms with Crippen LogP contribution in [0.2, 0.25) is 0 Å². The van der Waals surface area contributed by atoms with Crippen molar-refractivity contribution in [3.05, 3.63) is 0 Å². The van der Waals surface area contributed by atoms with Crippen LogP contribution in [0.5, 0.6) is 0 Å². The Balaban J connectivity index is 2.41. The van der Waals surface area contributed by atoms with Crippen molar-refractivity contribution in [2.24, 2.45) is 11.3 Å². The summed E-state index contributed by atoms with van der Waals surface area (Å²) >= 11 is 0. The molecule has 1 aliphatic rings. The van der Waals surface area contributed by atoms with Crippen molar-refractivity contribution in [3.63, 3.8) is 0 Å². The summed E-state index contributed by atoms with van der Waals surface area (Å²) in [6, 6.07) is 0. The summed E-state index contributed by atoms with van der Waals surface area (Å²) in [5.74, 6) is 0.688. The first-order valence-corrected chi connectivity index (χ1v) is 7.04. The molecular weight excluding hydrogens is 214 g/mol. The molecule has 1 saturated carbocycles. The molecule has 102 valence electrons. The van der Waals surface area contributed by atoms with Crippen molar-refractivity contribution < 1.29 is 9.84 Å².